The maximum atomic E-state index is 12.9. The third kappa shape index (κ3) is 3.16. The molecule has 0 spiro atoms. The number of ether oxygens (including phenoxy) is 1. The standard InChI is InChI=1S/C18H19BrN2O3/c1-12-9-21(10-17(24-12)13-6-4-3-5-7-13)18(23)15-8-14(19)16(11-22)20(15)2/h3-8,11-12,17H,9-10H2,1-2H3. The van der Waals surface area contributed by atoms with Crippen LogP contribution in [-0.4, -0.2) is 40.9 Å². The van der Waals surface area contributed by atoms with Gasteiger partial charge in [-0.1, -0.05) is 30.3 Å². The first-order valence-electron chi connectivity index (χ1n) is 7.81. The van der Waals surface area contributed by atoms with Crippen molar-refractivity contribution < 1.29 is 14.3 Å². The van der Waals surface area contributed by atoms with Crippen LogP contribution in [0.1, 0.15) is 39.6 Å². The van der Waals surface area contributed by atoms with E-state index in [1.54, 1.807) is 22.6 Å². The van der Waals surface area contributed by atoms with E-state index in [0.29, 0.717) is 29.0 Å². The van der Waals surface area contributed by atoms with Crippen molar-refractivity contribution in [2.75, 3.05) is 13.1 Å². The Kier molecular flexibility index (Phi) is 4.87. The maximum absolute atomic E-state index is 12.9. The molecule has 1 aromatic heterocycles. The summed E-state index contributed by atoms with van der Waals surface area (Å²) < 4.78 is 8.25. The van der Waals surface area contributed by atoms with Gasteiger partial charge in [-0.3, -0.25) is 9.59 Å². The van der Waals surface area contributed by atoms with Gasteiger partial charge in [0, 0.05) is 18.1 Å². The predicted molar refractivity (Wildman–Crippen MR) is 94.1 cm³/mol. The molecule has 1 fully saturated rings. The smallest absolute Gasteiger partial charge is 0.270 e. The van der Waals surface area contributed by atoms with Crippen molar-refractivity contribution in [3.8, 4) is 0 Å². The van der Waals surface area contributed by atoms with E-state index in [9.17, 15) is 9.59 Å². The molecule has 1 amide bonds. The third-order valence-corrected chi connectivity index (χ3v) is 4.92. The highest BCUT2D eigenvalue weighted by Crippen LogP contribution is 2.27. The van der Waals surface area contributed by atoms with Crippen LogP contribution >= 0.6 is 15.9 Å². The van der Waals surface area contributed by atoms with E-state index in [-0.39, 0.29) is 18.1 Å². The molecule has 0 N–H and O–H groups in total. The van der Waals surface area contributed by atoms with Gasteiger partial charge in [-0.05, 0) is 34.5 Å². The van der Waals surface area contributed by atoms with Gasteiger partial charge in [-0.2, -0.15) is 0 Å². The van der Waals surface area contributed by atoms with E-state index in [1.807, 2.05) is 37.3 Å². The van der Waals surface area contributed by atoms with Crippen molar-refractivity contribution in [1.29, 1.82) is 0 Å². The van der Waals surface area contributed by atoms with E-state index in [1.165, 1.54) is 0 Å². The monoisotopic (exact) mass is 390 g/mol. The second kappa shape index (κ2) is 6.91. The lowest BCUT2D eigenvalue weighted by atomic mass is 10.1. The Morgan fingerprint density at radius 2 is 2.00 bits per heavy atom. The second-order valence-electron chi connectivity index (χ2n) is 6.00. The van der Waals surface area contributed by atoms with Crippen LogP contribution in [0.25, 0.3) is 0 Å². The molecule has 126 valence electrons. The Labute approximate surface area is 149 Å². The summed E-state index contributed by atoms with van der Waals surface area (Å²) in [5, 5.41) is 0. The molecule has 0 radical (unpaired) electrons. The summed E-state index contributed by atoms with van der Waals surface area (Å²) in [7, 11) is 1.72. The van der Waals surface area contributed by atoms with Crippen molar-refractivity contribution in [3.05, 3.63) is 57.8 Å². The normalized spacial score (nSPS) is 20.9. The number of carbonyl (C=O) groups excluding carboxylic acids is 2. The number of aldehydes is 1. The highest BCUT2D eigenvalue weighted by molar-refractivity contribution is 9.10. The van der Waals surface area contributed by atoms with Gasteiger partial charge in [0.15, 0.2) is 6.29 Å². The molecular weight excluding hydrogens is 372 g/mol. The molecule has 0 bridgehead atoms. The van der Waals surface area contributed by atoms with Gasteiger partial charge in [-0.15, -0.1) is 0 Å². The van der Waals surface area contributed by atoms with Crippen molar-refractivity contribution >= 4 is 28.1 Å². The first-order valence-corrected chi connectivity index (χ1v) is 8.60. The largest absolute Gasteiger partial charge is 0.367 e. The average molecular weight is 391 g/mol. The zero-order valence-corrected chi connectivity index (χ0v) is 15.2. The number of morpholine rings is 1. The lowest BCUT2D eigenvalue weighted by Gasteiger charge is -2.37. The number of carbonyl (C=O) groups is 2. The Morgan fingerprint density at radius 1 is 1.29 bits per heavy atom. The van der Waals surface area contributed by atoms with Crippen molar-refractivity contribution in [3.63, 3.8) is 0 Å². The van der Waals surface area contributed by atoms with Crippen LogP contribution < -0.4 is 0 Å². The van der Waals surface area contributed by atoms with Gasteiger partial charge in [-0.25, -0.2) is 0 Å². The molecule has 2 unspecified atom stereocenters. The number of halogens is 1. The van der Waals surface area contributed by atoms with Crippen molar-refractivity contribution in [1.82, 2.24) is 9.47 Å². The Morgan fingerprint density at radius 3 is 2.62 bits per heavy atom. The average Bonchev–Trinajstić information content (AvgIpc) is 2.88. The number of amides is 1. The van der Waals surface area contributed by atoms with Crippen LogP contribution in [-0.2, 0) is 11.8 Å². The number of rotatable bonds is 3. The van der Waals surface area contributed by atoms with E-state index >= 15 is 0 Å². The summed E-state index contributed by atoms with van der Waals surface area (Å²) in [5.41, 5.74) is 2.01. The molecule has 0 saturated carbocycles. The van der Waals surface area contributed by atoms with Crippen LogP contribution in [0.15, 0.2) is 40.9 Å². The SMILES string of the molecule is CC1CN(C(=O)c2cc(Br)c(C=O)n2C)CC(c2ccccc2)O1. The molecule has 2 atom stereocenters. The lowest BCUT2D eigenvalue weighted by Crippen LogP contribution is -2.46. The molecule has 1 saturated heterocycles. The molecule has 1 aliphatic heterocycles. The second-order valence-corrected chi connectivity index (χ2v) is 6.85. The first-order chi connectivity index (χ1) is 11.5. The highest BCUT2D eigenvalue weighted by atomic mass is 79.9. The topological polar surface area (TPSA) is 51.5 Å². The van der Waals surface area contributed by atoms with Gasteiger partial charge < -0.3 is 14.2 Å². The fraction of sp³-hybridized carbons (Fsp3) is 0.333. The number of nitrogens with zero attached hydrogens (tertiary/aromatic N) is 2. The Bertz CT molecular complexity index is 757. The molecule has 6 heteroatoms. The fourth-order valence-corrected chi connectivity index (χ4v) is 3.63. The van der Waals surface area contributed by atoms with Crippen LogP contribution in [0.2, 0.25) is 0 Å². The Hall–Kier alpha value is -1.92. The summed E-state index contributed by atoms with van der Waals surface area (Å²) in [6.45, 7) is 2.99. The van der Waals surface area contributed by atoms with Crippen molar-refractivity contribution in [2.45, 2.75) is 19.1 Å². The quantitative estimate of drug-likeness (QED) is 0.756. The fourth-order valence-electron chi connectivity index (χ4n) is 3.05. The minimum atomic E-state index is -0.145. The molecular formula is C18H19BrN2O3. The Balaban J connectivity index is 1.86. The molecule has 5 nitrogen and oxygen atoms in total. The number of aromatic nitrogens is 1. The summed E-state index contributed by atoms with van der Waals surface area (Å²) in [6, 6.07) is 11.6. The molecule has 2 aromatic rings. The molecule has 1 aliphatic rings. The van der Waals surface area contributed by atoms with Crippen LogP contribution in [0, 0.1) is 0 Å². The highest BCUT2D eigenvalue weighted by Gasteiger charge is 2.31. The zero-order valence-electron chi connectivity index (χ0n) is 13.6. The first kappa shape index (κ1) is 16.9. The number of hydrogen-bond acceptors (Lipinski definition) is 3. The minimum Gasteiger partial charge on any atom is -0.367 e. The number of hydrogen-bond donors (Lipinski definition) is 0. The molecule has 0 aliphatic carbocycles. The minimum absolute atomic E-state index is 0.0536. The lowest BCUT2D eigenvalue weighted by molar-refractivity contribution is -0.0693. The van der Waals surface area contributed by atoms with Crippen LogP contribution in [0.4, 0.5) is 0 Å². The zero-order chi connectivity index (χ0) is 17.3. The molecule has 3 rings (SSSR count). The molecule has 1 aromatic carbocycles. The number of benzene rings is 1. The third-order valence-electron chi connectivity index (χ3n) is 4.28. The van der Waals surface area contributed by atoms with Gasteiger partial charge in [0.1, 0.15) is 11.8 Å². The summed E-state index contributed by atoms with van der Waals surface area (Å²) in [6.07, 6.45) is 0.547. The van der Waals surface area contributed by atoms with Gasteiger partial charge in [0.2, 0.25) is 0 Å². The van der Waals surface area contributed by atoms with Gasteiger partial charge >= 0.3 is 0 Å². The summed E-state index contributed by atoms with van der Waals surface area (Å²) in [5.74, 6) is -0.0950. The van der Waals surface area contributed by atoms with Crippen molar-refractivity contribution in [2.24, 2.45) is 7.05 Å². The molecule has 2 heterocycles. The van der Waals surface area contributed by atoms with Gasteiger partial charge in [0.05, 0.1) is 18.3 Å². The van der Waals surface area contributed by atoms with Gasteiger partial charge in [0.25, 0.3) is 5.91 Å². The predicted octanol–water partition coefficient (Wildman–Crippen LogP) is 3.20. The summed E-state index contributed by atoms with van der Waals surface area (Å²) >= 11 is 3.33. The van der Waals surface area contributed by atoms with E-state index in [4.69, 9.17) is 4.74 Å². The van der Waals surface area contributed by atoms with E-state index in [2.05, 4.69) is 15.9 Å². The van der Waals surface area contributed by atoms with Crippen LogP contribution in [0.5, 0.6) is 0 Å². The van der Waals surface area contributed by atoms with E-state index in [0.717, 1.165) is 11.8 Å². The maximum Gasteiger partial charge on any atom is 0.270 e. The van der Waals surface area contributed by atoms with E-state index < -0.39 is 0 Å². The molecule has 24 heavy (non-hydrogen) atoms. The summed E-state index contributed by atoms with van der Waals surface area (Å²) in [4.78, 5) is 25.9. The van der Waals surface area contributed by atoms with Crippen LogP contribution in [0.3, 0.4) is 0 Å².